The number of rotatable bonds is 2. The van der Waals surface area contributed by atoms with Crippen molar-refractivity contribution < 1.29 is 23.8 Å². The Hall–Kier alpha value is -1.78. The second-order valence-corrected chi connectivity index (χ2v) is 2.38. The molecule has 0 bridgehead atoms. The Labute approximate surface area is 73.9 Å². The summed E-state index contributed by atoms with van der Waals surface area (Å²) in [7, 11) is 1.22. The van der Waals surface area contributed by atoms with E-state index in [9.17, 15) is 9.59 Å². The zero-order valence-corrected chi connectivity index (χ0v) is 7.16. The van der Waals surface area contributed by atoms with Crippen molar-refractivity contribution in [3.05, 3.63) is 23.2 Å². The van der Waals surface area contributed by atoms with Crippen LogP contribution in [0.1, 0.15) is 26.7 Å². The molecule has 0 aromatic carbocycles. The molecular formula is C8H8O5. The molecule has 1 aromatic heterocycles. The van der Waals surface area contributed by atoms with Gasteiger partial charge >= 0.3 is 11.9 Å². The molecule has 0 aliphatic carbocycles. The Kier molecular flexibility index (Phi) is 2.36. The summed E-state index contributed by atoms with van der Waals surface area (Å²) in [6, 6.07) is 1.14. The topological polar surface area (TPSA) is 76.7 Å². The highest BCUT2D eigenvalue weighted by molar-refractivity contribution is 5.94. The molecule has 0 amide bonds. The number of furan rings is 1. The van der Waals surface area contributed by atoms with Crippen molar-refractivity contribution in [1.82, 2.24) is 0 Å². The molecular weight excluding hydrogens is 176 g/mol. The number of carboxylic acid groups (broad SMARTS) is 1. The first-order chi connectivity index (χ1) is 6.06. The van der Waals surface area contributed by atoms with Crippen molar-refractivity contribution in [1.29, 1.82) is 0 Å². The predicted octanol–water partition coefficient (Wildman–Crippen LogP) is 1.07. The van der Waals surface area contributed by atoms with Gasteiger partial charge < -0.3 is 14.3 Å². The van der Waals surface area contributed by atoms with Crippen LogP contribution in [0.25, 0.3) is 0 Å². The van der Waals surface area contributed by atoms with Gasteiger partial charge in [0.25, 0.3) is 0 Å². The van der Waals surface area contributed by atoms with Crippen molar-refractivity contribution in [2.75, 3.05) is 7.11 Å². The number of ether oxygens (including phenoxy) is 1. The van der Waals surface area contributed by atoms with Gasteiger partial charge in [-0.25, -0.2) is 9.59 Å². The lowest BCUT2D eigenvalue weighted by Crippen LogP contribution is -2.01. The fourth-order valence-electron chi connectivity index (χ4n) is 0.900. The van der Waals surface area contributed by atoms with Gasteiger partial charge in [0.1, 0.15) is 11.3 Å². The molecule has 1 heterocycles. The molecule has 0 radical (unpaired) electrons. The zero-order chi connectivity index (χ0) is 10.0. The van der Waals surface area contributed by atoms with E-state index in [2.05, 4.69) is 4.74 Å². The third kappa shape index (κ3) is 1.69. The van der Waals surface area contributed by atoms with Gasteiger partial charge in [-0.2, -0.15) is 0 Å². The van der Waals surface area contributed by atoms with Crippen molar-refractivity contribution in [2.45, 2.75) is 6.92 Å². The molecule has 1 rings (SSSR count). The fraction of sp³-hybridized carbons (Fsp3) is 0.250. The molecule has 1 N–H and O–H groups in total. The van der Waals surface area contributed by atoms with Gasteiger partial charge in [-0.3, -0.25) is 0 Å². The molecule has 5 nitrogen and oxygen atoms in total. The summed E-state index contributed by atoms with van der Waals surface area (Å²) in [4.78, 5) is 21.4. The largest absolute Gasteiger partial charge is 0.475 e. The molecule has 0 saturated carbocycles. The maximum absolute atomic E-state index is 11.0. The van der Waals surface area contributed by atoms with Crippen LogP contribution < -0.4 is 0 Å². The Morgan fingerprint density at radius 1 is 1.54 bits per heavy atom. The second-order valence-electron chi connectivity index (χ2n) is 2.38. The Morgan fingerprint density at radius 3 is 2.54 bits per heavy atom. The number of hydrogen-bond donors (Lipinski definition) is 1. The lowest BCUT2D eigenvalue weighted by atomic mass is 10.2. The van der Waals surface area contributed by atoms with Crippen LogP contribution in [0.3, 0.4) is 0 Å². The molecule has 5 heteroatoms. The van der Waals surface area contributed by atoms with Crippen LogP contribution in [-0.2, 0) is 4.74 Å². The highest BCUT2D eigenvalue weighted by atomic mass is 16.5. The number of carboxylic acids is 1. The van der Waals surface area contributed by atoms with Crippen LogP contribution in [0.4, 0.5) is 0 Å². The number of methoxy groups -OCH3 is 1. The first kappa shape index (κ1) is 9.31. The van der Waals surface area contributed by atoms with Gasteiger partial charge in [-0.05, 0) is 6.92 Å². The maximum atomic E-state index is 11.0. The van der Waals surface area contributed by atoms with Gasteiger partial charge in [0.2, 0.25) is 5.76 Å². The van der Waals surface area contributed by atoms with E-state index in [1.165, 1.54) is 14.0 Å². The highest BCUT2D eigenvalue weighted by Crippen LogP contribution is 2.15. The lowest BCUT2D eigenvalue weighted by Gasteiger charge is -1.93. The second kappa shape index (κ2) is 3.30. The van der Waals surface area contributed by atoms with E-state index >= 15 is 0 Å². The fourth-order valence-corrected chi connectivity index (χ4v) is 0.900. The van der Waals surface area contributed by atoms with Crippen LogP contribution in [0, 0.1) is 6.92 Å². The third-order valence-corrected chi connectivity index (χ3v) is 1.53. The van der Waals surface area contributed by atoms with Gasteiger partial charge in [0.15, 0.2) is 0 Å². The number of hydrogen-bond acceptors (Lipinski definition) is 4. The summed E-state index contributed by atoms with van der Waals surface area (Å²) in [6.07, 6.45) is 0. The van der Waals surface area contributed by atoms with Crippen LogP contribution in [-0.4, -0.2) is 24.2 Å². The smallest absolute Gasteiger partial charge is 0.371 e. The molecule has 0 unspecified atom stereocenters. The minimum absolute atomic E-state index is 0.139. The van der Waals surface area contributed by atoms with Crippen molar-refractivity contribution in [3.8, 4) is 0 Å². The van der Waals surface area contributed by atoms with E-state index in [0.717, 1.165) is 6.07 Å². The molecule has 0 spiro atoms. The summed E-state index contributed by atoms with van der Waals surface area (Å²) >= 11 is 0. The standard InChI is InChI=1S/C8H8O5/c1-4-5(8(11)12-2)3-6(13-4)7(9)10/h3H,1-2H3,(H,9,10). The van der Waals surface area contributed by atoms with Crippen molar-refractivity contribution >= 4 is 11.9 Å². The summed E-state index contributed by atoms with van der Waals surface area (Å²) in [6.45, 7) is 1.50. The molecule has 0 fully saturated rings. The average molecular weight is 184 g/mol. The average Bonchev–Trinajstić information content (AvgIpc) is 2.46. The van der Waals surface area contributed by atoms with Gasteiger partial charge in [0, 0.05) is 6.07 Å². The van der Waals surface area contributed by atoms with Crippen molar-refractivity contribution in [2.24, 2.45) is 0 Å². The van der Waals surface area contributed by atoms with E-state index in [4.69, 9.17) is 9.52 Å². The molecule has 0 aliphatic heterocycles. The van der Waals surface area contributed by atoms with Gasteiger partial charge in [-0.15, -0.1) is 0 Å². The van der Waals surface area contributed by atoms with E-state index in [1.807, 2.05) is 0 Å². The molecule has 13 heavy (non-hydrogen) atoms. The summed E-state index contributed by atoms with van der Waals surface area (Å²) in [5.41, 5.74) is 0.139. The van der Waals surface area contributed by atoms with E-state index in [1.54, 1.807) is 0 Å². The number of carbonyl (C=O) groups excluding carboxylic acids is 1. The normalized spacial score (nSPS) is 9.69. The summed E-state index contributed by atoms with van der Waals surface area (Å²) in [5, 5.41) is 8.53. The number of carbonyl (C=O) groups is 2. The van der Waals surface area contributed by atoms with Gasteiger partial charge in [0.05, 0.1) is 7.11 Å². The quantitative estimate of drug-likeness (QED) is 0.695. The first-order valence-corrected chi connectivity index (χ1v) is 3.48. The molecule has 0 aliphatic rings. The molecule has 1 aromatic rings. The summed E-state index contributed by atoms with van der Waals surface area (Å²) < 4.78 is 9.22. The van der Waals surface area contributed by atoms with Crippen LogP contribution >= 0.6 is 0 Å². The van der Waals surface area contributed by atoms with E-state index in [0.29, 0.717) is 0 Å². The minimum Gasteiger partial charge on any atom is -0.475 e. The molecule has 0 atom stereocenters. The van der Waals surface area contributed by atoms with Crippen LogP contribution in [0.2, 0.25) is 0 Å². The SMILES string of the molecule is COC(=O)c1cc(C(=O)O)oc1C. The minimum atomic E-state index is -1.21. The van der Waals surface area contributed by atoms with Crippen LogP contribution in [0.5, 0.6) is 0 Å². The van der Waals surface area contributed by atoms with Crippen molar-refractivity contribution in [3.63, 3.8) is 0 Å². The Bertz CT molecular complexity index is 349. The van der Waals surface area contributed by atoms with E-state index < -0.39 is 11.9 Å². The lowest BCUT2D eigenvalue weighted by molar-refractivity contribution is 0.0597. The Morgan fingerprint density at radius 2 is 2.15 bits per heavy atom. The highest BCUT2D eigenvalue weighted by Gasteiger charge is 2.18. The predicted molar refractivity (Wildman–Crippen MR) is 41.7 cm³/mol. The van der Waals surface area contributed by atoms with E-state index in [-0.39, 0.29) is 17.1 Å². The zero-order valence-electron chi connectivity index (χ0n) is 7.16. The number of esters is 1. The molecule has 70 valence electrons. The van der Waals surface area contributed by atoms with Crippen LogP contribution in [0.15, 0.2) is 10.5 Å². The molecule has 0 saturated heterocycles. The summed E-state index contributed by atoms with van der Waals surface area (Å²) in [5.74, 6) is -1.84. The number of aromatic carboxylic acids is 1. The van der Waals surface area contributed by atoms with Gasteiger partial charge in [-0.1, -0.05) is 0 Å². The third-order valence-electron chi connectivity index (χ3n) is 1.53. The Balaban J connectivity index is 3.10. The maximum Gasteiger partial charge on any atom is 0.371 e. The monoisotopic (exact) mass is 184 g/mol. The number of aryl methyl sites for hydroxylation is 1. The first-order valence-electron chi connectivity index (χ1n) is 3.48.